The monoisotopic (exact) mass is 262 g/mol. The minimum absolute atomic E-state index is 0.108. The predicted molar refractivity (Wildman–Crippen MR) is 61.6 cm³/mol. The standard InChI is InChI=1S/C10H9F3N2OS/c11-10(12,13)5-8(16)15-7-3-1-2-6(4-7)9(14)17/h1-4H,5H2,(H2,14,17)(H,15,16). The molecule has 0 saturated carbocycles. The average molecular weight is 262 g/mol. The number of thiocarbonyl (C=S) groups is 1. The van der Waals surface area contributed by atoms with Crippen LogP contribution in [0.2, 0.25) is 0 Å². The molecule has 1 aromatic rings. The fourth-order valence-electron chi connectivity index (χ4n) is 1.14. The van der Waals surface area contributed by atoms with Crippen LogP contribution in [0.15, 0.2) is 24.3 Å². The molecule has 1 rings (SSSR count). The number of rotatable bonds is 3. The topological polar surface area (TPSA) is 55.1 Å². The zero-order valence-electron chi connectivity index (χ0n) is 8.54. The lowest BCUT2D eigenvalue weighted by molar-refractivity contribution is -0.150. The normalized spacial score (nSPS) is 11.0. The first-order valence-corrected chi connectivity index (χ1v) is 4.95. The highest BCUT2D eigenvalue weighted by Gasteiger charge is 2.31. The summed E-state index contributed by atoms with van der Waals surface area (Å²) in [6.07, 6.45) is -6.05. The molecule has 0 aliphatic carbocycles. The lowest BCUT2D eigenvalue weighted by Gasteiger charge is -2.08. The Bertz CT molecular complexity index is 445. The molecule has 0 aromatic heterocycles. The van der Waals surface area contributed by atoms with Crippen molar-refractivity contribution < 1.29 is 18.0 Å². The van der Waals surface area contributed by atoms with Gasteiger partial charge in [-0.05, 0) is 12.1 Å². The molecule has 92 valence electrons. The minimum Gasteiger partial charge on any atom is -0.389 e. The van der Waals surface area contributed by atoms with Gasteiger partial charge in [0, 0.05) is 11.3 Å². The van der Waals surface area contributed by atoms with Gasteiger partial charge in [-0.1, -0.05) is 24.4 Å². The number of nitrogens with one attached hydrogen (secondary N) is 1. The number of anilines is 1. The van der Waals surface area contributed by atoms with Gasteiger partial charge in [0.1, 0.15) is 11.4 Å². The maximum absolute atomic E-state index is 11.9. The fraction of sp³-hybridized carbons (Fsp3) is 0.200. The van der Waals surface area contributed by atoms with Crippen LogP contribution in [0.4, 0.5) is 18.9 Å². The van der Waals surface area contributed by atoms with Crippen LogP contribution in [0.1, 0.15) is 12.0 Å². The third kappa shape index (κ3) is 4.81. The zero-order valence-corrected chi connectivity index (χ0v) is 9.36. The van der Waals surface area contributed by atoms with Crippen molar-refractivity contribution in [2.45, 2.75) is 12.6 Å². The van der Waals surface area contributed by atoms with E-state index in [1.54, 1.807) is 6.07 Å². The molecule has 0 aliphatic rings. The summed E-state index contributed by atoms with van der Waals surface area (Å²) in [5.74, 6) is -1.13. The average Bonchev–Trinajstić information content (AvgIpc) is 2.14. The highest BCUT2D eigenvalue weighted by Crippen LogP contribution is 2.20. The molecule has 0 unspecified atom stereocenters. The number of alkyl halides is 3. The first-order valence-electron chi connectivity index (χ1n) is 4.54. The van der Waals surface area contributed by atoms with E-state index in [0.29, 0.717) is 5.56 Å². The summed E-state index contributed by atoms with van der Waals surface area (Å²) >= 11 is 4.71. The van der Waals surface area contributed by atoms with Crippen molar-refractivity contribution in [2.75, 3.05) is 5.32 Å². The number of hydrogen-bond acceptors (Lipinski definition) is 2. The Morgan fingerprint density at radius 2 is 2.06 bits per heavy atom. The van der Waals surface area contributed by atoms with Crippen molar-refractivity contribution >= 4 is 28.8 Å². The van der Waals surface area contributed by atoms with Crippen LogP contribution in [0.3, 0.4) is 0 Å². The molecular weight excluding hydrogens is 253 g/mol. The molecule has 0 atom stereocenters. The SMILES string of the molecule is NC(=S)c1cccc(NC(=O)CC(F)(F)F)c1. The molecule has 3 nitrogen and oxygen atoms in total. The molecule has 7 heteroatoms. The summed E-state index contributed by atoms with van der Waals surface area (Å²) in [4.78, 5) is 11.1. The number of hydrogen-bond donors (Lipinski definition) is 2. The summed E-state index contributed by atoms with van der Waals surface area (Å²) in [5.41, 5.74) is 6.06. The van der Waals surface area contributed by atoms with E-state index >= 15 is 0 Å². The van der Waals surface area contributed by atoms with Crippen molar-refractivity contribution in [3.8, 4) is 0 Å². The second-order valence-corrected chi connectivity index (χ2v) is 3.73. The first kappa shape index (κ1) is 13.4. The summed E-state index contributed by atoms with van der Waals surface area (Å²) in [6, 6.07) is 6.01. The van der Waals surface area contributed by atoms with Crippen molar-refractivity contribution in [3.05, 3.63) is 29.8 Å². The Balaban J connectivity index is 2.72. The Kier molecular flexibility index (Phi) is 4.06. The van der Waals surface area contributed by atoms with E-state index in [4.69, 9.17) is 18.0 Å². The third-order valence-electron chi connectivity index (χ3n) is 1.79. The van der Waals surface area contributed by atoms with Crippen LogP contribution in [0.25, 0.3) is 0 Å². The van der Waals surface area contributed by atoms with Crippen molar-refractivity contribution in [3.63, 3.8) is 0 Å². The maximum Gasteiger partial charge on any atom is 0.397 e. The van der Waals surface area contributed by atoms with Crippen molar-refractivity contribution in [1.82, 2.24) is 0 Å². The summed E-state index contributed by atoms with van der Waals surface area (Å²) in [7, 11) is 0. The van der Waals surface area contributed by atoms with E-state index in [1.807, 2.05) is 0 Å². The van der Waals surface area contributed by atoms with Gasteiger partial charge in [-0.2, -0.15) is 13.2 Å². The molecular formula is C10H9F3N2OS. The Hall–Kier alpha value is -1.63. The highest BCUT2D eigenvalue weighted by molar-refractivity contribution is 7.80. The lowest BCUT2D eigenvalue weighted by Crippen LogP contribution is -2.21. The van der Waals surface area contributed by atoms with Gasteiger partial charge in [0.05, 0.1) is 0 Å². The second-order valence-electron chi connectivity index (χ2n) is 3.29. The van der Waals surface area contributed by atoms with Gasteiger partial charge in [0.25, 0.3) is 0 Å². The van der Waals surface area contributed by atoms with E-state index in [0.717, 1.165) is 0 Å². The van der Waals surface area contributed by atoms with Gasteiger partial charge in [-0.25, -0.2) is 0 Å². The fourth-order valence-corrected chi connectivity index (χ4v) is 1.26. The summed E-state index contributed by atoms with van der Waals surface area (Å²) in [6.45, 7) is 0. The van der Waals surface area contributed by atoms with Crippen molar-refractivity contribution in [2.24, 2.45) is 5.73 Å². The van der Waals surface area contributed by atoms with Crippen LogP contribution in [0, 0.1) is 0 Å². The highest BCUT2D eigenvalue weighted by atomic mass is 32.1. The Morgan fingerprint density at radius 1 is 1.41 bits per heavy atom. The van der Waals surface area contributed by atoms with E-state index in [1.165, 1.54) is 18.2 Å². The number of carbonyl (C=O) groups is 1. The smallest absolute Gasteiger partial charge is 0.389 e. The number of halogens is 3. The van der Waals surface area contributed by atoms with Crippen LogP contribution in [-0.4, -0.2) is 17.1 Å². The maximum atomic E-state index is 11.9. The molecule has 0 aliphatic heterocycles. The molecule has 0 radical (unpaired) electrons. The predicted octanol–water partition coefficient (Wildman–Crippen LogP) is 2.21. The van der Waals surface area contributed by atoms with Crippen LogP contribution in [-0.2, 0) is 4.79 Å². The molecule has 0 fully saturated rings. The van der Waals surface area contributed by atoms with E-state index in [2.05, 4.69) is 5.32 Å². The lowest BCUT2D eigenvalue weighted by atomic mass is 10.2. The van der Waals surface area contributed by atoms with Gasteiger partial charge in [-0.3, -0.25) is 4.79 Å². The van der Waals surface area contributed by atoms with Gasteiger partial charge >= 0.3 is 6.18 Å². The van der Waals surface area contributed by atoms with Gasteiger partial charge in [0.2, 0.25) is 5.91 Å². The van der Waals surface area contributed by atoms with Crippen LogP contribution >= 0.6 is 12.2 Å². The van der Waals surface area contributed by atoms with E-state index < -0.39 is 18.5 Å². The van der Waals surface area contributed by atoms with E-state index in [-0.39, 0.29) is 10.7 Å². The molecule has 0 spiro atoms. The number of amides is 1. The minimum atomic E-state index is -4.52. The zero-order chi connectivity index (χ0) is 13.1. The van der Waals surface area contributed by atoms with Crippen molar-refractivity contribution in [1.29, 1.82) is 0 Å². The van der Waals surface area contributed by atoms with Crippen LogP contribution in [0.5, 0.6) is 0 Å². The van der Waals surface area contributed by atoms with E-state index in [9.17, 15) is 18.0 Å². The number of benzene rings is 1. The Labute approximate surface area is 101 Å². The number of carbonyl (C=O) groups excluding carboxylic acids is 1. The quantitative estimate of drug-likeness (QED) is 0.821. The van der Waals surface area contributed by atoms with Crippen LogP contribution < -0.4 is 11.1 Å². The van der Waals surface area contributed by atoms with Gasteiger partial charge in [0.15, 0.2) is 0 Å². The first-order chi connectivity index (χ1) is 7.78. The second kappa shape index (κ2) is 5.13. The van der Waals surface area contributed by atoms with Gasteiger partial charge < -0.3 is 11.1 Å². The molecule has 0 heterocycles. The molecule has 17 heavy (non-hydrogen) atoms. The largest absolute Gasteiger partial charge is 0.397 e. The molecule has 1 aromatic carbocycles. The molecule has 1 amide bonds. The molecule has 0 bridgehead atoms. The third-order valence-corrected chi connectivity index (χ3v) is 2.03. The summed E-state index contributed by atoms with van der Waals surface area (Å²) < 4.78 is 35.7. The number of nitrogens with two attached hydrogens (primary N) is 1. The molecule has 0 saturated heterocycles. The van der Waals surface area contributed by atoms with Gasteiger partial charge in [-0.15, -0.1) is 0 Å². The molecule has 3 N–H and O–H groups in total. The Morgan fingerprint density at radius 3 is 2.59 bits per heavy atom. The summed E-state index contributed by atoms with van der Waals surface area (Å²) in [5, 5.41) is 2.12.